The van der Waals surface area contributed by atoms with E-state index in [0.717, 1.165) is 0 Å². The predicted octanol–water partition coefficient (Wildman–Crippen LogP) is 1.39. The molecule has 0 aromatic rings. The first-order chi connectivity index (χ1) is 10.7. The van der Waals surface area contributed by atoms with Crippen molar-refractivity contribution in [2.24, 2.45) is 11.8 Å². The molecule has 2 aliphatic rings. The SMILES string of the molecule is CCOC(=O)[C@@H]1CO[C@H]2CCN(C(=O)OC(C)(C)C)C[C@@H]2C1=O. The van der Waals surface area contributed by atoms with Crippen molar-refractivity contribution in [2.75, 3.05) is 26.3 Å². The van der Waals surface area contributed by atoms with Crippen molar-refractivity contribution in [2.45, 2.75) is 45.8 Å². The molecule has 0 aromatic carbocycles. The summed E-state index contributed by atoms with van der Waals surface area (Å²) in [6, 6.07) is 0. The maximum atomic E-state index is 12.6. The Balaban J connectivity index is 2.03. The Kier molecular flexibility index (Phi) is 5.29. The number of piperidine rings is 1. The molecule has 23 heavy (non-hydrogen) atoms. The molecular formula is C16H25NO6. The first-order valence-corrected chi connectivity index (χ1v) is 8.03. The van der Waals surface area contributed by atoms with Crippen LogP contribution < -0.4 is 0 Å². The van der Waals surface area contributed by atoms with Crippen molar-refractivity contribution in [1.29, 1.82) is 0 Å². The van der Waals surface area contributed by atoms with Gasteiger partial charge >= 0.3 is 12.1 Å². The number of esters is 1. The molecule has 130 valence electrons. The highest BCUT2D eigenvalue weighted by molar-refractivity contribution is 6.01. The Hall–Kier alpha value is -1.63. The van der Waals surface area contributed by atoms with Crippen LogP contribution in [0.4, 0.5) is 4.79 Å². The van der Waals surface area contributed by atoms with Crippen LogP contribution in [-0.2, 0) is 23.8 Å². The topological polar surface area (TPSA) is 82.1 Å². The smallest absolute Gasteiger partial charge is 0.410 e. The van der Waals surface area contributed by atoms with E-state index in [4.69, 9.17) is 14.2 Å². The first-order valence-electron chi connectivity index (χ1n) is 8.03. The number of likely N-dealkylation sites (tertiary alicyclic amines) is 1. The number of hydrogen-bond donors (Lipinski definition) is 0. The third-order valence-electron chi connectivity index (χ3n) is 3.96. The van der Waals surface area contributed by atoms with E-state index in [1.54, 1.807) is 27.7 Å². The molecule has 2 aliphatic heterocycles. The van der Waals surface area contributed by atoms with Crippen molar-refractivity contribution >= 4 is 17.8 Å². The summed E-state index contributed by atoms with van der Waals surface area (Å²) >= 11 is 0. The minimum absolute atomic E-state index is 0.0608. The fraction of sp³-hybridized carbons (Fsp3) is 0.812. The minimum atomic E-state index is -0.894. The van der Waals surface area contributed by atoms with Crippen LogP contribution in [0, 0.1) is 11.8 Å². The molecule has 2 saturated heterocycles. The van der Waals surface area contributed by atoms with Crippen LogP contribution in [0.2, 0.25) is 0 Å². The zero-order chi connectivity index (χ0) is 17.2. The van der Waals surface area contributed by atoms with Gasteiger partial charge in [-0.15, -0.1) is 0 Å². The third kappa shape index (κ3) is 4.22. The fourth-order valence-electron chi connectivity index (χ4n) is 2.88. The molecule has 0 N–H and O–H groups in total. The van der Waals surface area contributed by atoms with Crippen LogP contribution in [0.1, 0.15) is 34.1 Å². The highest BCUT2D eigenvalue weighted by Gasteiger charge is 2.46. The maximum Gasteiger partial charge on any atom is 0.410 e. The van der Waals surface area contributed by atoms with Gasteiger partial charge in [-0.3, -0.25) is 9.59 Å². The van der Waals surface area contributed by atoms with Gasteiger partial charge in [-0.1, -0.05) is 0 Å². The first kappa shape index (κ1) is 17.7. The van der Waals surface area contributed by atoms with Gasteiger partial charge in [-0.2, -0.15) is 0 Å². The monoisotopic (exact) mass is 327 g/mol. The summed E-state index contributed by atoms with van der Waals surface area (Å²) in [5.41, 5.74) is -0.589. The second-order valence-corrected chi connectivity index (χ2v) is 6.90. The predicted molar refractivity (Wildman–Crippen MR) is 80.8 cm³/mol. The quantitative estimate of drug-likeness (QED) is 0.563. The molecule has 0 radical (unpaired) electrons. The second kappa shape index (κ2) is 6.86. The van der Waals surface area contributed by atoms with E-state index in [-0.39, 0.29) is 31.6 Å². The van der Waals surface area contributed by atoms with Gasteiger partial charge in [-0.05, 0) is 34.1 Å². The third-order valence-corrected chi connectivity index (χ3v) is 3.96. The van der Waals surface area contributed by atoms with Crippen LogP contribution in [0.15, 0.2) is 0 Å². The lowest BCUT2D eigenvalue weighted by atomic mass is 9.82. The molecular weight excluding hydrogens is 302 g/mol. The van der Waals surface area contributed by atoms with E-state index in [0.29, 0.717) is 13.0 Å². The van der Waals surface area contributed by atoms with E-state index < -0.39 is 29.5 Å². The lowest BCUT2D eigenvalue weighted by molar-refractivity contribution is -0.168. The number of nitrogens with zero attached hydrogens (tertiary/aromatic N) is 1. The molecule has 3 atom stereocenters. The van der Waals surface area contributed by atoms with Gasteiger partial charge in [0.05, 0.1) is 25.2 Å². The average molecular weight is 327 g/mol. The number of Topliss-reactive ketones (excluding diaryl/α,β-unsaturated/α-hetero) is 1. The molecule has 0 saturated carbocycles. The summed E-state index contributed by atoms with van der Waals surface area (Å²) in [7, 11) is 0. The number of amides is 1. The van der Waals surface area contributed by atoms with Gasteiger partial charge in [0.25, 0.3) is 0 Å². The normalized spacial score (nSPS) is 28.1. The zero-order valence-corrected chi connectivity index (χ0v) is 14.2. The average Bonchev–Trinajstić information content (AvgIpc) is 2.45. The summed E-state index contributed by atoms with van der Waals surface area (Å²) in [6.45, 7) is 8.06. The van der Waals surface area contributed by atoms with E-state index in [9.17, 15) is 14.4 Å². The Labute approximate surface area is 136 Å². The van der Waals surface area contributed by atoms with Crippen molar-refractivity contribution < 1.29 is 28.6 Å². The summed E-state index contributed by atoms with van der Waals surface area (Å²) in [4.78, 5) is 38.1. The van der Waals surface area contributed by atoms with Gasteiger partial charge in [0, 0.05) is 13.1 Å². The Morgan fingerprint density at radius 3 is 2.65 bits per heavy atom. The Bertz CT molecular complexity index is 483. The summed E-state index contributed by atoms with van der Waals surface area (Å²) in [5.74, 6) is -2.15. The van der Waals surface area contributed by atoms with E-state index in [2.05, 4.69) is 0 Å². The molecule has 0 bridgehead atoms. The summed E-state index contributed by atoms with van der Waals surface area (Å²) in [6.07, 6.45) is -0.126. The lowest BCUT2D eigenvalue weighted by Gasteiger charge is -2.41. The van der Waals surface area contributed by atoms with Crippen LogP contribution >= 0.6 is 0 Å². The highest BCUT2D eigenvalue weighted by Crippen LogP contribution is 2.30. The molecule has 7 heteroatoms. The molecule has 7 nitrogen and oxygen atoms in total. The van der Waals surface area contributed by atoms with Crippen LogP contribution in [0.5, 0.6) is 0 Å². The van der Waals surface area contributed by atoms with Crippen molar-refractivity contribution in [3.63, 3.8) is 0 Å². The van der Waals surface area contributed by atoms with E-state index >= 15 is 0 Å². The van der Waals surface area contributed by atoms with Crippen molar-refractivity contribution in [1.82, 2.24) is 4.90 Å². The molecule has 0 spiro atoms. The molecule has 0 aromatic heterocycles. The fourth-order valence-corrected chi connectivity index (χ4v) is 2.88. The highest BCUT2D eigenvalue weighted by atomic mass is 16.6. The Morgan fingerprint density at radius 2 is 2.04 bits per heavy atom. The number of ether oxygens (including phenoxy) is 3. The van der Waals surface area contributed by atoms with Crippen LogP contribution in [0.25, 0.3) is 0 Å². The summed E-state index contributed by atoms with van der Waals surface area (Å²) < 4.78 is 15.9. The van der Waals surface area contributed by atoms with Gasteiger partial charge < -0.3 is 19.1 Å². The standard InChI is InChI=1S/C16H25NO6/c1-5-21-14(19)11-9-22-12-6-7-17(8-10(12)13(11)18)15(20)23-16(2,3)4/h10-12H,5-9H2,1-4H3/t10-,11+,12-/m0/s1. The number of rotatable bonds is 2. The van der Waals surface area contributed by atoms with Crippen LogP contribution in [-0.4, -0.2) is 60.8 Å². The van der Waals surface area contributed by atoms with Crippen molar-refractivity contribution in [3.8, 4) is 0 Å². The summed E-state index contributed by atoms with van der Waals surface area (Å²) in [5, 5.41) is 0. The second-order valence-electron chi connectivity index (χ2n) is 6.90. The van der Waals surface area contributed by atoms with Crippen LogP contribution in [0.3, 0.4) is 0 Å². The number of ketones is 1. The molecule has 2 fully saturated rings. The number of carbonyl (C=O) groups excluding carboxylic acids is 3. The molecule has 2 heterocycles. The van der Waals surface area contributed by atoms with E-state index in [1.165, 1.54) is 4.90 Å². The number of fused-ring (bicyclic) bond motifs is 1. The minimum Gasteiger partial charge on any atom is -0.465 e. The van der Waals surface area contributed by atoms with Gasteiger partial charge in [0.15, 0.2) is 5.78 Å². The van der Waals surface area contributed by atoms with Gasteiger partial charge in [0.2, 0.25) is 0 Å². The number of hydrogen-bond acceptors (Lipinski definition) is 6. The molecule has 1 amide bonds. The maximum absolute atomic E-state index is 12.6. The molecule has 0 unspecified atom stereocenters. The van der Waals surface area contributed by atoms with Crippen molar-refractivity contribution in [3.05, 3.63) is 0 Å². The largest absolute Gasteiger partial charge is 0.465 e. The van der Waals surface area contributed by atoms with Gasteiger partial charge in [-0.25, -0.2) is 4.79 Å². The zero-order valence-electron chi connectivity index (χ0n) is 14.2. The molecule has 0 aliphatic carbocycles. The lowest BCUT2D eigenvalue weighted by Crippen LogP contribution is -2.56. The van der Waals surface area contributed by atoms with E-state index in [1.807, 2.05) is 0 Å². The molecule has 2 rings (SSSR count). The van der Waals surface area contributed by atoms with Gasteiger partial charge in [0.1, 0.15) is 11.5 Å². The number of carbonyl (C=O) groups is 3. The Morgan fingerprint density at radius 1 is 1.35 bits per heavy atom.